The molecule has 3 aliphatic carbocycles. The van der Waals surface area contributed by atoms with Crippen LogP contribution in [-0.4, -0.2) is 25.8 Å². The molecule has 0 amide bonds. The number of carbonyl (C=O) groups is 2. The summed E-state index contributed by atoms with van der Waals surface area (Å²) in [6.07, 6.45) is 2.59. The molecule has 0 bridgehead atoms. The molecule has 0 aromatic heterocycles. The second-order valence-electron chi connectivity index (χ2n) is 7.32. The molecule has 5 rings (SSSR count). The number of Topliss-reactive ketones (excluding diaryl/α,β-unsaturated/α-hetero) is 2. The Labute approximate surface area is 152 Å². The third kappa shape index (κ3) is 1.84. The van der Waals surface area contributed by atoms with E-state index in [-0.39, 0.29) is 23.4 Å². The second kappa shape index (κ2) is 5.44. The molecule has 0 radical (unpaired) electrons. The van der Waals surface area contributed by atoms with Gasteiger partial charge in [-0.05, 0) is 47.2 Å². The number of hydrogen-bond donors (Lipinski definition) is 0. The van der Waals surface area contributed by atoms with Crippen LogP contribution in [0.15, 0.2) is 24.3 Å². The van der Waals surface area contributed by atoms with Crippen molar-refractivity contribution in [3.63, 3.8) is 0 Å². The van der Waals surface area contributed by atoms with E-state index in [0.717, 1.165) is 35.1 Å². The van der Waals surface area contributed by atoms with Crippen molar-refractivity contribution in [2.24, 2.45) is 0 Å². The van der Waals surface area contributed by atoms with Gasteiger partial charge in [0.2, 0.25) is 0 Å². The molecule has 4 heteroatoms. The fourth-order valence-corrected chi connectivity index (χ4v) is 5.22. The molecule has 4 nitrogen and oxygen atoms in total. The van der Waals surface area contributed by atoms with Crippen molar-refractivity contribution < 1.29 is 19.1 Å². The van der Waals surface area contributed by atoms with E-state index in [0.29, 0.717) is 24.3 Å². The third-order valence-electron chi connectivity index (χ3n) is 6.25. The number of ketones is 2. The molecule has 0 heterocycles. The zero-order valence-corrected chi connectivity index (χ0v) is 14.9. The van der Waals surface area contributed by atoms with Crippen LogP contribution in [0.1, 0.15) is 80.5 Å². The minimum absolute atomic E-state index is 0.148. The summed E-state index contributed by atoms with van der Waals surface area (Å²) in [5.74, 6) is 1.97. The Bertz CT molecular complexity index is 893. The molecule has 0 saturated carbocycles. The molecular weight excluding hydrogens is 328 g/mol. The molecule has 2 atom stereocenters. The molecule has 26 heavy (non-hydrogen) atoms. The summed E-state index contributed by atoms with van der Waals surface area (Å²) in [6, 6.07) is 8.01. The van der Waals surface area contributed by atoms with E-state index in [1.54, 1.807) is 14.2 Å². The first-order valence-corrected chi connectivity index (χ1v) is 9.13. The molecule has 2 aromatic rings. The van der Waals surface area contributed by atoms with Crippen LogP contribution in [0.3, 0.4) is 0 Å². The van der Waals surface area contributed by atoms with Gasteiger partial charge in [0.25, 0.3) is 0 Å². The summed E-state index contributed by atoms with van der Waals surface area (Å²) in [4.78, 5) is 25.4. The van der Waals surface area contributed by atoms with Crippen LogP contribution >= 0.6 is 0 Å². The highest BCUT2D eigenvalue weighted by molar-refractivity contribution is 6.05. The van der Waals surface area contributed by atoms with E-state index >= 15 is 0 Å². The summed E-state index contributed by atoms with van der Waals surface area (Å²) in [5, 5.41) is 0. The van der Waals surface area contributed by atoms with Gasteiger partial charge in [0, 0.05) is 24.7 Å². The highest BCUT2D eigenvalue weighted by Crippen LogP contribution is 2.55. The van der Waals surface area contributed by atoms with Crippen molar-refractivity contribution >= 4 is 11.6 Å². The van der Waals surface area contributed by atoms with Gasteiger partial charge in [-0.2, -0.15) is 0 Å². The van der Waals surface area contributed by atoms with E-state index in [4.69, 9.17) is 9.47 Å². The summed E-state index contributed by atoms with van der Waals surface area (Å²) >= 11 is 0. The highest BCUT2D eigenvalue weighted by atomic mass is 16.5. The maximum absolute atomic E-state index is 12.7. The van der Waals surface area contributed by atoms with Crippen LogP contribution in [0.2, 0.25) is 0 Å². The van der Waals surface area contributed by atoms with Gasteiger partial charge in [0.15, 0.2) is 11.6 Å². The smallest absolute Gasteiger partial charge is 0.166 e. The van der Waals surface area contributed by atoms with Crippen LogP contribution in [0.5, 0.6) is 11.5 Å². The summed E-state index contributed by atoms with van der Waals surface area (Å²) in [6.45, 7) is 0. The molecule has 2 aromatic carbocycles. The molecular formula is C22H20O4. The van der Waals surface area contributed by atoms with Gasteiger partial charge in [0.1, 0.15) is 11.5 Å². The SMILES string of the molecule is COc1ccc2c3c1C(=O)CCC3c1ccc(OC)c3c1C2CCC3=O. The third-order valence-corrected chi connectivity index (χ3v) is 6.25. The average molecular weight is 348 g/mol. The van der Waals surface area contributed by atoms with Crippen molar-refractivity contribution in [1.29, 1.82) is 0 Å². The van der Waals surface area contributed by atoms with Gasteiger partial charge in [0.05, 0.1) is 25.3 Å². The van der Waals surface area contributed by atoms with E-state index in [1.165, 1.54) is 11.1 Å². The van der Waals surface area contributed by atoms with E-state index in [9.17, 15) is 9.59 Å². The van der Waals surface area contributed by atoms with E-state index in [2.05, 4.69) is 12.1 Å². The summed E-state index contributed by atoms with van der Waals surface area (Å²) in [7, 11) is 3.24. The predicted octanol–water partition coefficient (Wildman–Crippen LogP) is 4.23. The normalized spacial score (nSPS) is 22.5. The predicted molar refractivity (Wildman–Crippen MR) is 96.8 cm³/mol. The van der Waals surface area contributed by atoms with Crippen molar-refractivity contribution in [2.75, 3.05) is 14.2 Å². The van der Waals surface area contributed by atoms with Crippen molar-refractivity contribution in [1.82, 2.24) is 0 Å². The Morgan fingerprint density at radius 3 is 1.54 bits per heavy atom. The first-order valence-electron chi connectivity index (χ1n) is 9.13. The van der Waals surface area contributed by atoms with Gasteiger partial charge in [-0.25, -0.2) is 0 Å². The standard InChI is InChI=1S/C22H20O4/c1-25-17-9-5-13-12-4-8-16(24)22-18(26-2)10-6-14(20(12)22)11-3-7-15(23)21(17)19(11)13/h5-6,9-12H,3-4,7-8H2,1-2H3. The maximum atomic E-state index is 12.7. The van der Waals surface area contributed by atoms with Gasteiger partial charge in [-0.1, -0.05) is 12.1 Å². The molecule has 0 spiro atoms. The molecule has 0 N–H and O–H groups in total. The lowest BCUT2D eigenvalue weighted by Gasteiger charge is -2.41. The first kappa shape index (κ1) is 15.6. The maximum Gasteiger partial charge on any atom is 0.166 e. The Kier molecular flexibility index (Phi) is 3.27. The number of rotatable bonds is 2. The van der Waals surface area contributed by atoms with Crippen molar-refractivity contribution in [2.45, 2.75) is 37.5 Å². The lowest BCUT2D eigenvalue weighted by atomic mass is 9.62. The number of fused-ring (bicyclic) bond motifs is 2. The highest BCUT2D eigenvalue weighted by Gasteiger charge is 2.43. The number of carbonyl (C=O) groups excluding carboxylic acids is 2. The van der Waals surface area contributed by atoms with E-state index < -0.39 is 0 Å². The van der Waals surface area contributed by atoms with Crippen LogP contribution in [0.4, 0.5) is 0 Å². The number of ether oxygens (including phenoxy) is 2. The zero-order valence-electron chi connectivity index (χ0n) is 14.9. The first-order chi connectivity index (χ1) is 12.7. The molecule has 2 unspecified atom stereocenters. The van der Waals surface area contributed by atoms with Gasteiger partial charge in [-0.3, -0.25) is 9.59 Å². The van der Waals surface area contributed by atoms with Crippen LogP contribution in [0, 0.1) is 0 Å². The quantitative estimate of drug-likeness (QED) is 0.815. The van der Waals surface area contributed by atoms with Crippen molar-refractivity contribution in [3.8, 4) is 11.5 Å². The topological polar surface area (TPSA) is 52.6 Å². The van der Waals surface area contributed by atoms with Gasteiger partial charge < -0.3 is 9.47 Å². The monoisotopic (exact) mass is 348 g/mol. The van der Waals surface area contributed by atoms with Crippen LogP contribution in [-0.2, 0) is 0 Å². The lowest BCUT2D eigenvalue weighted by molar-refractivity contribution is 0.0951. The Morgan fingerprint density at radius 2 is 1.15 bits per heavy atom. The second-order valence-corrected chi connectivity index (χ2v) is 7.32. The molecule has 3 aliphatic rings. The van der Waals surface area contributed by atoms with E-state index in [1.807, 2.05) is 12.1 Å². The minimum atomic E-state index is 0.148. The average Bonchev–Trinajstić information content (AvgIpc) is 2.67. The fourth-order valence-electron chi connectivity index (χ4n) is 5.22. The lowest BCUT2D eigenvalue weighted by Crippen LogP contribution is -2.30. The Balaban J connectivity index is 1.85. The summed E-state index contributed by atoms with van der Waals surface area (Å²) < 4.78 is 11.0. The zero-order chi connectivity index (χ0) is 18.0. The number of methoxy groups -OCH3 is 2. The minimum Gasteiger partial charge on any atom is -0.496 e. The van der Waals surface area contributed by atoms with Gasteiger partial charge >= 0.3 is 0 Å². The van der Waals surface area contributed by atoms with Crippen LogP contribution in [0.25, 0.3) is 0 Å². The van der Waals surface area contributed by atoms with Crippen LogP contribution < -0.4 is 9.47 Å². The largest absolute Gasteiger partial charge is 0.496 e. The van der Waals surface area contributed by atoms with Gasteiger partial charge in [-0.15, -0.1) is 0 Å². The number of benzene rings is 2. The molecule has 0 aliphatic heterocycles. The Hall–Kier alpha value is -2.62. The van der Waals surface area contributed by atoms with Crippen molar-refractivity contribution in [3.05, 3.63) is 57.6 Å². The summed E-state index contributed by atoms with van der Waals surface area (Å²) in [5.41, 5.74) is 6.14. The molecule has 132 valence electrons. The fraction of sp³-hybridized carbons (Fsp3) is 0.364. The molecule has 0 saturated heterocycles. The number of hydrogen-bond acceptors (Lipinski definition) is 4. The molecule has 0 fully saturated rings. The Morgan fingerprint density at radius 1 is 0.731 bits per heavy atom.